The molecule has 4 aromatic carbocycles. The zero-order chi connectivity index (χ0) is 34.0. The number of benzene rings is 4. The van der Waals surface area contributed by atoms with Crippen molar-refractivity contribution >= 4 is 43.5 Å². The van der Waals surface area contributed by atoms with Crippen LogP contribution in [0, 0.1) is 0 Å². The predicted octanol–water partition coefficient (Wildman–Crippen LogP) is 6.22. The van der Waals surface area contributed by atoms with Gasteiger partial charge in [0.1, 0.15) is 24.1 Å². The summed E-state index contributed by atoms with van der Waals surface area (Å²) in [6, 6.07) is 28.4. The smallest absolute Gasteiger partial charge is 0.264 e. The number of carbonyl (C=O) groups is 2. The fourth-order valence-corrected chi connectivity index (χ4v) is 6.94. The summed E-state index contributed by atoms with van der Waals surface area (Å²) < 4.78 is 41.4. The minimum atomic E-state index is -4.31. The van der Waals surface area contributed by atoms with Gasteiger partial charge in [0, 0.05) is 29.5 Å². The van der Waals surface area contributed by atoms with Gasteiger partial charge in [0.25, 0.3) is 10.0 Å². The number of sulfonamides is 1. The number of ether oxygens (including phenoxy) is 2. The van der Waals surface area contributed by atoms with E-state index >= 15 is 0 Å². The number of methoxy groups -OCH3 is 2. The first kappa shape index (κ1) is 35.5. The maximum Gasteiger partial charge on any atom is 0.264 e. The number of hydrogen-bond acceptors (Lipinski definition) is 6. The number of nitrogens with one attached hydrogen (secondary N) is 1. The molecule has 47 heavy (non-hydrogen) atoms. The lowest BCUT2D eigenvalue weighted by molar-refractivity contribution is -0.140. The molecule has 0 saturated heterocycles. The number of halogens is 1. The van der Waals surface area contributed by atoms with E-state index in [2.05, 4.69) is 21.2 Å². The Morgan fingerprint density at radius 1 is 0.851 bits per heavy atom. The first-order valence-electron chi connectivity index (χ1n) is 15.2. The fraction of sp³-hybridized carbons (Fsp3) is 0.278. The minimum absolute atomic E-state index is 0.00781. The highest BCUT2D eigenvalue weighted by molar-refractivity contribution is 9.10. The van der Waals surface area contributed by atoms with Crippen LogP contribution in [0.2, 0.25) is 0 Å². The van der Waals surface area contributed by atoms with Gasteiger partial charge in [-0.05, 0) is 60.9 Å². The van der Waals surface area contributed by atoms with Crippen molar-refractivity contribution in [2.45, 2.75) is 50.2 Å². The highest BCUT2D eigenvalue weighted by atomic mass is 79.9. The third kappa shape index (κ3) is 9.14. The molecule has 0 saturated carbocycles. The van der Waals surface area contributed by atoms with Crippen LogP contribution in [0.5, 0.6) is 11.5 Å². The lowest BCUT2D eigenvalue weighted by Crippen LogP contribution is -2.54. The van der Waals surface area contributed by atoms with Gasteiger partial charge in [0.05, 0.1) is 24.8 Å². The molecule has 1 N–H and O–H groups in total. The second-order valence-corrected chi connectivity index (χ2v) is 13.8. The van der Waals surface area contributed by atoms with E-state index in [4.69, 9.17) is 9.47 Å². The highest BCUT2D eigenvalue weighted by Crippen LogP contribution is 2.36. The van der Waals surface area contributed by atoms with E-state index in [9.17, 15) is 18.0 Å². The average molecular weight is 723 g/mol. The van der Waals surface area contributed by atoms with E-state index < -0.39 is 28.5 Å². The highest BCUT2D eigenvalue weighted by Gasteiger charge is 2.36. The van der Waals surface area contributed by atoms with Gasteiger partial charge in [-0.2, -0.15) is 0 Å². The van der Waals surface area contributed by atoms with E-state index in [1.165, 1.54) is 37.3 Å². The van der Waals surface area contributed by atoms with E-state index in [1.807, 2.05) is 68.4 Å². The summed E-state index contributed by atoms with van der Waals surface area (Å²) >= 11 is 3.51. The molecule has 0 spiro atoms. The summed E-state index contributed by atoms with van der Waals surface area (Å²) in [5.74, 6) is -0.299. The Hall–Kier alpha value is -4.35. The molecule has 4 rings (SSSR count). The zero-order valence-corrected chi connectivity index (χ0v) is 29.3. The Kier molecular flexibility index (Phi) is 12.4. The van der Waals surface area contributed by atoms with Gasteiger partial charge in [-0.25, -0.2) is 8.42 Å². The first-order valence-corrected chi connectivity index (χ1v) is 17.5. The van der Waals surface area contributed by atoms with Crippen LogP contribution in [0.25, 0.3) is 0 Å². The molecule has 4 aromatic rings. The van der Waals surface area contributed by atoms with Crippen molar-refractivity contribution < 1.29 is 27.5 Å². The number of hydrogen-bond donors (Lipinski definition) is 1. The number of rotatable bonds is 15. The molecule has 0 fully saturated rings. The third-order valence-electron chi connectivity index (χ3n) is 7.78. The normalized spacial score (nSPS) is 12.4. The van der Waals surface area contributed by atoms with Crippen molar-refractivity contribution in [1.82, 2.24) is 10.2 Å². The standard InChI is InChI=1S/C36H40BrN3O6S/c1-5-26(2)38-36(42)33(22-27-13-8-6-9-14-27)39(24-28-15-12-16-29(37)21-28)35(41)25-40(47(43,44)31-17-10-7-11-18-31)32-23-30(45-3)19-20-34(32)46-4/h6-21,23,26,33H,5,22,24-25H2,1-4H3,(H,38,42)/t26-,33+/m0/s1. The summed E-state index contributed by atoms with van der Waals surface area (Å²) in [6.45, 7) is 3.31. The van der Waals surface area contributed by atoms with Crippen molar-refractivity contribution in [3.05, 3.63) is 119 Å². The number of anilines is 1. The summed E-state index contributed by atoms with van der Waals surface area (Å²) in [5, 5.41) is 3.05. The summed E-state index contributed by atoms with van der Waals surface area (Å²) in [6.07, 6.45) is 0.916. The summed E-state index contributed by atoms with van der Waals surface area (Å²) in [7, 11) is -1.41. The predicted molar refractivity (Wildman–Crippen MR) is 187 cm³/mol. The minimum Gasteiger partial charge on any atom is -0.497 e. The van der Waals surface area contributed by atoms with Crippen molar-refractivity contribution in [1.29, 1.82) is 0 Å². The maximum atomic E-state index is 14.7. The molecule has 248 valence electrons. The molecular weight excluding hydrogens is 682 g/mol. The van der Waals surface area contributed by atoms with Gasteiger partial charge in [-0.1, -0.05) is 83.5 Å². The molecular formula is C36H40BrN3O6S. The van der Waals surface area contributed by atoms with Crippen LogP contribution < -0.4 is 19.1 Å². The van der Waals surface area contributed by atoms with Gasteiger partial charge in [-0.15, -0.1) is 0 Å². The molecule has 0 radical (unpaired) electrons. The summed E-state index contributed by atoms with van der Waals surface area (Å²) in [4.78, 5) is 30.1. The Labute approximate surface area is 285 Å². The molecule has 0 aliphatic rings. The van der Waals surface area contributed by atoms with Crippen molar-refractivity contribution in [2.24, 2.45) is 0 Å². The number of amides is 2. The average Bonchev–Trinajstić information content (AvgIpc) is 3.09. The second-order valence-electron chi connectivity index (χ2n) is 11.0. The fourth-order valence-electron chi connectivity index (χ4n) is 5.05. The van der Waals surface area contributed by atoms with Gasteiger partial charge >= 0.3 is 0 Å². The van der Waals surface area contributed by atoms with E-state index in [0.717, 1.165) is 19.9 Å². The largest absolute Gasteiger partial charge is 0.497 e. The van der Waals surface area contributed by atoms with Gasteiger partial charge in [0.15, 0.2) is 0 Å². The molecule has 0 aliphatic heterocycles. The third-order valence-corrected chi connectivity index (χ3v) is 10.0. The van der Waals surface area contributed by atoms with Crippen molar-refractivity contribution in [3.8, 4) is 11.5 Å². The molecule has 2 amide bonds. The molecule has 0 unspecified atom stereocenters. The van der Waals surface area contributed by atoms with Crippen LogP contribution in [-0.4, -0.2) is 58.0 Å². The molecule has 0 bridgehead atoms. The van der Waals surface area contributed by atoms with E-state index in [0.29, 0.717) is 12.2 Å². The number of carbonyl (C=O) groups excluding carboxylic acids is 2. The molecule has 2 atom stereocenters. The van der Waals surface area contributed by atoms with Crippen molar-refractivity contribution in [2.75, 3.05) is 25.1 Å². The summed E-state index contributed by atoms with van der Waals surface area (Å²) in [5.41, 5.74) is 1.74. The first-order chi connectivity index (χ1) is 22.6. The molecule has 0 aliphatic carbocycles. The SMILES string of the molecule is CC[C@H](C)NC(=O)[C@@H](Cc1ccccc1)N(Cc1cccc(Br)c1)C(=O)CN(c1cc(OC)ccc1OC)S(=O)(=O)c1ccccc1. The molecule has 9 nitrogen and oxygen atoms in total. The Bertz CT molecular complexity index is 1760. The second kappa shape index (κ2) is 16.5. The maximum absolute atomic E-state index is 14.7. The molecule has 0 heterocycles. The van der Waals surface area contributed by atoms with Crippen LogP contribution in [0.4, 0.5) is 5.69 Å². The van der Waals surface area contributed by atoms with E-state index in [1.54, 1.807) is 30.3 Å². The Morgan fingerprint density at radius 2 is 1.51 bits per heavy atom. The topological polar surface area (TPSA) is 105 Å². The number of nitrogens with zero attached hydrogens (tertiary/aromatic N) is 2. The Balaban J connectivity index is 1.86. The zero-order valence-electron chi connectivity index (χ0n) is 26.9. The van der Waals surface area contributed by atoms with Crippen molar-refractivity contribution in [3.63, 3.8) is 0 Å². The van der Waals surface area contributed by atoms with Gasteiger partial charge in [-0.3, -0.25) is 13.9 Å². The van der Waals surface area contributed by atoms with Gasteiger partial charge < -0.3 is 19.7 Å². The van der Waals surface area contributed by atoms with Crippen LogP contribution in [0.15, 0.2) is 112 Å². The molecule has 11 heteroatoms. The monoisotopic (exact) mass is 721 g/mol. The van der Waals surface area contributed by atoms with Crippen LogP contribution >= 0.6 is 15.9 Å². The Morgan fingerprint density at radius 3 is 2.13 bits per heavy atom. The van der Waals surface area contributed by atoms with Gasteiger partial charge in [0.2, 0.25) is 11.8 Å². The van der Waals surface area contributed by atoms with Crippen LogP contribution in [0.1, 0.15) is 31.4 Å². The molecule has 0 aromatic heterocycles. The lowest BCUT2D eigenvalue weighted by Gasteiger charge is -2.34. The van der Waals surface area contributed by atoms with E-state index in [-0.39, 0.29) is 41.2 Å². The van der Waals surface area contributed by atoms with Crippen LogP contribution in [0.3, 0.4) is 0 Å². The van der Waals surface area contributed by atoms with Crippen LogP contribution in [-0.2, 0) is 32.6 Å². The lowest BCUT2D eigenvalue weighted by atomic mass is 10.0. The quantitative estimate of drug-likeness (QED) is 0.156.